The monoisotopic (exact) mass is 322 g/mol. The number of hydrogen-bond donors (Lipinski definition) is 2. The summed E-state index contributed by atoms with van der Waals surface area (Å²) in [7, 11) is 0. The van der Waals surface area contributed by atoms with Gasteiger partial charge in [-0.25, -0.2) is 4.98 Å². The van der Waals surface area contributed by atoms with Crippen LogP contribution in [0.25, 0.3) is 0 Å². The summed E-state index contributed by atoms with van der Waals surface area (Å²) in [4.78, 5) is 30.3. The molecule has 0 radical (unpaired) electrons. The molecule has 6 nitrogen and oxygen atoms in total. The molecule has 2 amide bonds. The third-order valence-electron chi connectivity index (χ3n) is 4.29. The average molecular weight is 323 g/mol. The first kappa shape index (κ1) is 15.2. The van der Waals surface area contributed by atoms with Crippen LogP contribution in [0.2, 0.25) is 5.02 Å². The first-order chi connectivity index (χ1) is 10.6. The van der Waals surface area contributed by atoms with Crippen molar-refractivity contribution in [1.29, 1.82) is 0 Å². The first-order valence-corrected chi connectivity index (χ1v) is 7.93. The molecule has 118 valence electrons. The second-order valence-corrected chi connectivity index (χ2v) is 6.24. The maximum atomic E-state index is 12.2. The zero-order chi connectivity index (χ0) is 15.5. The van der Waals surface area contributed by atoms with Gasteiger partial charge >= 0.3 is 0 Å². The van der Waals surface area contributed by atoms with Gasteiger partial charge in [0, 0.05) is 38.3 Å². The van der Waals surface area contributed by atoms with Crippen LogP contribution < -0.4 is 10.6 Å². The topological polar surface area (TPSA) is 74.3 Å². The highest BCUT2D eigenvalue weighted by Gasteiger charge is 2.33. The van der Waals surface area contributed by atoms with Gasteiger partial charge in [-0.2, -0.15) is 0 Å². The number of amides is 2. The van der Waals surface area contributed by atoms with Crippen LogP contribution in [0.15, 0.2) is 18.3 Å². The molecule has 0 saturated carbocycles. The molecule has 2 aliphatic heterocycles. The van der Waals surface area contributed by atoms with E-state index in [9.17, 15) is 9.59 Å². The SMILES string of the molecule is O=C(Nc1ccc(Cl)cn1)C1CCN(C(=O)C2CNC2)CC1. The number of carbonyl (C=O) groups excluding carboxylic acids is 2. The molecule has 1 aromatic rings. The smallest absolute Gasteiger partial charge is 0.228 e. The van der Waals surface area contributed by atoms with Crippen molar-refractivity contribution in [2.75, 3.05) is 31.5 Å². The Morgan fingerprint density at radius 2 is 1.95 bits per heavy atom. The summed E-state index contributed by atoms with van der Waals surface area (Å²) in [5.74, 6) is 0.752. The fourth-order valence-electron chi connectivity index (χ4n) is 2.76. The van der Waals surface area contributed by atoms with Crippen molar-refractivity contribution in [1.82, 2.24) is 15.2 Å². The molecule has 7 heteroatoms. The lowest BCUT2D eigenvalue weighted by molar-refractivity contribution is -0.139. The Bertz CT molecular complexity index is 551. The zero-order valence-electron chi connectivity index (χ0n) is 12.2. The fraction of sp³-hybridized carbons (Fsp3) is 0.533. The number of hydrogen-bond acceptors (Lipinski definition) is 4. The van der Waals surface area contributed by atoms with Crippen LogP contribution in [0.3, 0.4) is 0 Å². The molecule has 3 heterocycles. The van der Waals surface area contributed by atoms with E-state index in [0.29, 0.717) is 36.8 Å². The minimum absolute atomic E-state index is 0.0350. The highest BCUT2D eigenvalue weighted by atomic mass is 35.5. The van der Waals surface area contributed by atoms with E-state index in [1.54, 1.807) is 12.1 Å². The lowest BCUT2D eigenvalue weighted by atomic mass is 9.93. The number of aromatic nitrogens is 1. The van der Waals surface area contributed by atoms with Crippen molar-refractivity contribution in [2.24, 2.45) is 11.8 Å². The van der Waals surface area contributed by atoms with E-state index in [1.165, 1.54) is 6.20 Å². The van der Waals surface area contributed by atoms with Crippen LogP contribution in [0.1, 0.15) is 12.8 Å². The number of likely N-dealkylation sites (tertiary alicyclic amines) is 1. The summed E-state index contributed by atoms with van der Waals surface area (Å²) in [6.07, 6.45) is 2.90. The number of nitrogens with zero attached hydrogens (tertiary/aromatic N) is 2. The molecule has 2 saturated heterocycles. The Labute approximate surface area is 134 Å². The molecule has 0 spiro atoms. The van der Waals surface area contributed by atoms with Crippen LogP contribution in [0.5, 0.6) is 0 Å². The van der Waals surface area contributed by atoms with Gasteiger partial charge in [0.05, 0.1) is 10.9 Å². The highest BCUT2D eigenvalue weighted by Crippen LogP contribution is 2.21. The predicted molar refractivity (Wildman–Crippen MR) is 83.5 cm³/mol. The van der Waals surface area contributed by atoms with Crippen molar-refractivity contribution in [3.8, 4) is 0 Å². The largest absolute Gasteiger partial charge is 0.342 e. The van der Waals surface area contributed by atoms with Gasteiger partial charge in [-0.15, -0.1) is 0 Å². The number of pyridine rings is 1. The lowest BCUT2D eigenvalue weighted by Crippen LogP contribution is -2.53. The van der Waals surface area contributed by atoms with Gasteiger partial charge in [-0.3, -0.25) is 9.59 Å². The van der Waals surface area contributed by atoms with Crippen LogP contribution in [-0.2, 0) is 9.59 Å². The molecule has 22 heavy (non-hydrogen) atoms. The molecule has 0 aliphatic carbocycles. The quantitative estimate of drug-likeness (QED) is 0.875. The Morgan fingerprint density at radius 1 is 1.23 bits per heavy atom. The van der Waals surface area contributed by atoms with Gasteiger partial charge in [0.1, 0.15) is 5.82 Å². The van der Waals surface area contributed by atoms with E-state index in [2.05, 4.69) is 15.6 Å². The number of halogens is 1. The van der Waals surface area contributed by atoms with Crippen LogP contribution in [-0.4, -0.2) is 47.9 Å². The second kappa shape index (κ2) is 6.62. The lowest BCUT2D eigenvalue weighted by Gasteiger charge is -2.36. The van der Waals surface area contributed by atoms with E-state index in [1.807, 2.05) is 4.90 Å². The van der Waals surface area contributed by atoms with E-state index in [-0.39, 0.29) is 23.7 Å². The molecule has 2 fully saturated rings. The minimum Gasteiger partial charge on any atom is -0.342 e. The van der Waals surface area contributed by atoms with Gasteiger partial charge in [0.25, 0.3) is 0 Å². The van der Waals surface area contributed by atoms with Crippen molar-refractivity contribution < 1.29 is 9.59 Å². The zero-order valence-corrected chi connectivity index (χ0v) is 13.0. The first-order valence-electron chi connectivity index (χ1n) is 7.55. The normalized spacial score (nSPS) is 19.6. The number of carbonyl (C=O) groups is 2. The summed E-state index contributed by atoms with van der Waals surface area (Å²) in [5.41, 5.74) is 0. The molecule has 0 bridgehead atoms. The molecule has 2 aliphatic rings. The van der Waals surface area contributed by atoms with E-state index in [0.717, 1.165) is 13.1 Å². The van der Waals surface area contributed by atoms with E-state index < -0.39 is 0 Å². The molecule has 0 aromatic carbocycles. The molecular formula is C15H19ClN4O2. The van der Waals surface area contributed by atoms with Gasteiger partial charge in [0.2, 0.25) is 11.8 Å². The van der Waals surface area contributed by atoms with Gasteiger partial charge in [-0.1, -0.05) is 11.6 Å². The average Bonchev–Trinajstić information content (AvgIpc) is 2.48. The van der Waals surface area contributed by atoms with Gasteiger partial charge < -0.3 is 15.5 Å². The number of anilines is 1. The predicted octanol–water partition coefficient (Wildman–Crippen LogP) is 1.13. The van der Waals surface area contributed by atoms with E-state index >= 15 is 0 Å². The molecule has 3 rings (SSSR count). The second-order valence-electron chi connectivity index (χ2n) is 5.81. The molecule has 0 atom stereocenters. The van der Waals surface area contributed by atoms with Crippen LogP contribution in [0.4, 0.5) is 5.82 Å². The number of piperidine rings is 1. The highest BCUT2D eigenvalue weighted by molar-refractivity contribution is 6.30. The molecule has 0 unspecified atom stereocenters. The molecule has 2 N–H and O–H groups in total. The van der Waals surface area contributed by atoms with Crippen molar-refractivity contribution >= 4 is 29.2 Å². The summed E-state index contributed by atoms with van der Waals surface area (Å²) < 4.78 is 0. The standard InChI is InChI=1S/C15H19ClN4O2/c16-12-1-2-13(18-9-12)19-14(21)10-3-5-20(6-4-10)15(22)11-7-17-8-11/h1-2,9-11,17H,3-8H2,(H,18,19,21). The molecule has 1 aromatic heterocycles. The third kappa shape index (κ3) is 3.39. The maximum absolute atomic E-state index is 12.2. The van der Waals surface area contributed by atoms with Crippen molar-refractivity contribution in [3.05, 3.63) is 23.4 Å². The van der Waals surface area contributed by atoms with Crippen LogP contribution >= 0.6 is 11.6 Å². The van der Waals surface area contributed by atoms with Gasteiger partial charge in [0.15, 0.2) is 0 Å². The summed E-state index contributed by atoms with van der Waals surface area (Å²) in [6, 6.07) is 3.38. The molecular weight excluding hydrogens is 304 g/mol. The van der Waals surface area contributed by atoms with Gasteiger partial charge in [-0.05, 0) is 25.0 Å². The van der Waals surface area contributed by atoms with Crippen LogP contribution in [0, 0.1) is 11.8 Å². The third-order valence-corrected chi connectivity index (χ3v) is 4.51. The summed E-state index contributed by atoms with van der Waals surface area (Å²) >= 11 is 5.77. The summed E-state index contributed by atoms with van der Waals surface area (Å²) in [5, 5.41) is 6.45. The maximum Gasteiger partial charge on any atom is 0.228 e. The minimum atomic E-state index is -0.0685. The fourth-order valence-corrected chi connectivity index (χ4v) is 2.87. The Balaban J connectivity index is 1.49. The summed E-state index contributed by atoms with van der Waals surface area (Å²) in [6.45, 7) is 2.87. The number of nitrogens with one attached hydrogen (secondary N) is 2. The number of rotatable bonds is 3. The Hall–Kier alpha value is -1.66. The van der Waals surface area contributed by atoms with Crippen molar-refractivity contribution in [2.45, 2.75) is 12.8 Å². The Kier molecular flexibility index (Phi) is 4.59. The van der Waals surface area contributed by atoms with Crippen molar-refractivity contribution in [3.63, 3.8) is 0 Å². The Morgan fingerprint density at radius 3 is 2.50 bits per heavy atom. The van der Waals surface area contributed by atoms with E-state index in [4.69, 9.17) is 11.6 Å².